The molecule has 0 bridgehead atoms. The SMILES string of the molecule is CNc1cc([N+](=O)[O-])cc(NC(CCO)COC)n1. The van der Waals surface area contributed by atoms with Gasteiger partial charge in [0, 0.05) is 20.8 Å². The second-order valence-electron chi connectivity index (χ2n) is 3.91. The van der Waals surface area contributed by atoms with Crippen LogP contribution in [0.4, 0.5) is 17.3 Å². The van der Waals surface area contributed by atoms with Crippen molar-refractivity contribution >= 4 is 17.3 Å². The van der Waals surface area contributed by atoms with Gasteiger partial charge in [-0.2, -0.15) is 0 Å². The predicted molar refractivity (Wildman–Crippen MR) is 71.4 cm³/mol. The molecular formula is C11H18N4O4. The lowest BCUT2D eigenvalue weighted by Crippen LogP contribution is -2.26. The third-order valence-electron chi connectivity index (χ3n) is 2.47. The Morgan fingerprint density at radius 2 is 2.21 bits per heavy atom. The Kier molecular flexibility index (Phi) is 5.97. The lowest BCUT2D eigenvalue weighted by atomic mass is 10.2. The van der Waals surface area contributed by atoms with Crippen LogP contribution in [0, 0.1) is 10.1 Å². The molecule has 0 saturated carbocycles. The van der Waals surface area contributed by atoms with Gasteiger partial charge in [-0.15, -0.1) is 0 Å². The van der Waals surface area contributed by atoms with Crippen molar-refractivity contribution < 1.29 is 14.8 Å². The Balaban J connectivity index is 2.91. The minimum Gasteiger partial charge on any atom is -0.396 e. The van der Waals surface area contributed by atoms with E-state index in [0.717, 1.165) is 0 Å². The van der Waals surface area contributed by atoms with E-state index < -0.39 is 4.92 Å². The van der Waals surface area contributed by atoms with Crippen molar-refractivity contribution in [3.8, 4) is 0 Å². The van der Waals surface area contributed by atoms with Crippen LogP contribution >= 0.6 is 0 Å². The van der Waals surface area contributed by atoms with Crippen molar-refractivity contribution in [1.29, 1.82) is 0 Å². The Hall–Kier alpha value is -1.93. The van der Waals surface area contributed by atoms with E-state index in [0.29, 0.717) is 24.7 Å². The molecule has 0 radical (unpaired) electrons. The molecule has 0 aliphatic rings. The van der Waals surface area contributed by atoms with E-state index in [9.17, 15) is 10.1 Å². The number of nitrogens with one attached hydrogen (secondary N) is 2. The molecule has 106 valence electrons. The summed E-state index contributed by atoms with van der Waals surface area (Å²) in [5, 5.41) is 25.5. The molecule has 8 nitrogen and oxygen atoms in total. The van der Waals surface area contributed by atoms with Crippen molar-refractivity contribution in [3.05, 3.63) is 22.2 Å². The van der Waals surface area contributed by atoms with Crippen molar-refractivity contribution in [2.24, 2.45) is 0 Å². The average molecular weight is 270 g/mol. The highest BCUT2D eigenvalue weighted by atomic mass is 16.6. The summed E-state index contributed by atoms with van der Waals surface area (Å²) >= 11 is 0. The topological polar surface area (TPSA) is 110 Å². The zero-order chi connectivity index (χ0) is 14.3. The number of aliphatic hydroxyl groups excluding tert-OH is 1. The second kappa shape index (κ2) is 7.49. The lowest BCUT2D eigenvalue weighted by molar-refractivity contribution is -0.384. The highest BCUT2D eigenvalue weighted by Gasteiger charge is 2.14. The lowest BCUT2D eigenvalue weighted by Gasteiger charge is -2.17. The number of anilines is 2. The summed E-state index contributed by atoms with van der Waals surface area (Å²) in [6.45, 7) is 0.370. The summed E-state index contributed by atoms with van der Waals surface area (Å²) in [6.07, 6.45) is 0.465. The van der Waals surface area contributed by atoms with Gasteiger partial charge in [0.05, 0.1) is 29.7 Å². The highest BCUT2D eigenvalue weighted by Crippen LogP contribution is 2.21. The van der Waals surface area contributed by atoms with Crippen LogP contribution in [-0.2, 0) is 4.74 Å². The number of nitrogens with zero attached hydrogens (tertiary/aromatic N) is 2. The van der Waals surface area contributed by atoms with E-state index in [2.05, 4.69) is 15.6 Å². The molecule has 1 heterocycles. The van der Waals surface area contributed by atoms with Crippen LogP contribution in [0.25, 0.3) is 0 Å². The Morgan fingerprint density at radius 1 is 1.53 bits per heavy atom. The van der Waals surface area contributed by atoms with Crippen LogP contribution in [0.2, 0.25) is 0 Å². The molecule has 0 aromatic carbocycles. The molecule has 0 spiro atoms. The number of hydrogen-bond donors (Lipinski definition) is 3. The van der Waals surface area contributed by atoms with Crippen molar-refractivity contribution in [1.82, 2.24) is 4.98 Å². The molecular weight excluding hydrogens is 252 g/mol. The largest absolute Gasteiger partial charge is 0.396 e. The Morgan fingerprint density at radius 3 is 2.74 bits per heavy atom. The molecule has 1 unspecified atom stereocenters. The number of nitro groups is 1. The number of pyridine rings is 1. The molecule has 3 N–H and O–H groups in total. The standard InChI is InChI=1S/C11H18N4O4/c1-12-10-5-9(15(17)18)6-11(14-10)13-8(3-4-16)7-19-2/h5-6,8,16H,3-4,7H2,1-2H3,(H2,12,13,14). The first-order valence-corrected chi connectivity index (χ1v) is 5.81. The van der Waals surface area contributed by atoms with Gasteiger partial charge >= 0.3 is 0 Å². The fourth-order valence-electron chi connectivity index (χ4n) is 1.59. The molecule has 0 fully saturated rings. The maximum absolute atomic E-state index is 10.8. The van der Waals surface area contributed by atoms with Gasteiger partial charge in [-0.1, -0.05) is 0 Å². The minimum absolute atomic E-state index is 0.00512. The first-order valence-electron chi connectivity index (χ1n) is 5.81. The number of aliphatic hydroxyl groups is 1. The van der Waals surface area contributed by atoms with Crippen molar-refractivity contribution in [3.63, 3.8) is 0 Å². The summed E-state index contributed by atoms with van der Waals surface area (Å²) in [5.41, 5.74) is -0.0537. The third-order valence-corrected chi connectivity index (χ3v) is 2.47. The fraction of sp³-hybridized carbons (Fsp3) is 0.545. The van der Waals surface area contributed by atoms with Gasteiger partial charge in [0.2, 0.25) is 0 Å². The predicted octanol–water partition coefficient (Wildman–Crippen LogP) is 0.841. The molecule has 0 amide bonds. The van der Waals surface area contributed by atoms with Crippen LogP contribution < -0.4 is 10.6 Å². The van der Waals surface area contributed by atoms with Crippen molar-refractivity contribution in [2.45, 2.75) is 12.5 Å². The molecule has 0 aliphatic carbocycles. The molecule has 1 atom stereocenters. The Bertz CT molecular complexity index is 421. The van der Waals surface area contributed by atoms with E-state index in [-0.39, 0.29) is 18.3 Å². The molecule has 0 saturated heterocycles. The van der Waals surface area contributed by atoms with Gasteiger partial charge in [-0.3, -0.25) is 10.1 Å². The van der Waals surface area contributed by atoms with Gasteiger partial charge < -0.3 is 20.5 Å². The van der Waals surface area contributed by atoms with E-state index in [1.807, 2.05) is 0 Å². The molecule has 8 heteroatoms. The third kappa shape index (κ3) is 4.68. The van der Waals surface area contributed by atoms with Crippen LogP contribution in [0.15, 0.2) is 12.1 Å². The highest BCUT2D eigenvalue weighted by molar-refractivity contribution is 5.54. The average Bonchev–Trinajstić information content (AvgIpc) is 2.38. The maximum Gasteiger partial charge on any atom is 0.276 e. The zero-order valence-corrected chi connectivity index (χ0v) is 10.9. The minimum atomic E-state index is -0.481. The van der Waals surface area contributed by atoms with Crippen LogP contribution in [0.3, 0.4) is 0 Å². The number of ether oxygens (including phenoxy) is 1. The number of rotatable bonds is 8. The van der Waals surface area contributed by atoms with Gasteiger partial charge in [-0.25, -0.2) is 4.98 Å². The number of methoxy groups -OCH3 is 1. The second-order valence-corrected chi connectivity index (χ2v) is 3.91. The smallest absolute Gasteiger partial charge is 0.276 e. The summed E-state index contributed by atoms with van der Waals surface area (Å²) < 4.78 is 5.01. The fourth-order valence-corrected chi connectivity index (χ4v) is 1.59. The number of aromatic nitrogens is 1. The summed E-state index contributed by atoms with van der Waals surface area (Å²) in [5.74, 6) is 0.769. The van der Waals surface area contributed by atoms with Crippen LogP contribution in [-0.4, -0.2) is 48.4 Å². The quantitative estimate of drug-likeness (QED) is 0.474. The first kappa shape index (κ1) is 15.1. The molecule has 19 heavy (non-hydrogen) atoms. The van der Waals surface area contributed by atoms with E-state index in [1.165, 1.54) is 12.1 Å². The molecule has 0 aliphatic heterocycles. The monoisotopic (exact) mass is 270 g/mol. The maximum atomic E-state index is 10.8. The van der Waals surface area contributed by atoms with E-state index in [1.54, 1.807) is 14.2 Å². The molecule has 1 aromatic heterocycles. The van der Waals surface area contributed by atoms with Crippen LogP contribution in [0.1, 0.15) is 6.42 Å². The number of hydrogen-bond acceptors (Lipinski definition) is 7. The summed E-state index contributed by atoms with van der Waals surface area (Å²) in [4.78, 5) is 14.5. The first-order chi connectivity index (χ1) is 9.10. The van der Waals surface area contributed by atoms with E-state index >= 15 is 0 Å². The zero-order valence-electron chi connectivity index (χ0n) is 10.9. The van der Waals surface area contributed by atoms with Crippen LogP contribution in [0.5, 0.6) is 0 Å². The van der Waals surface area contributed by atoms with Gasteiger partial charge in [-0.05, 0) is 6.42 Å². The molecule has 1 aromatic rings. The Labute approximate surface area is 111 Å². The van der Waals surface area contributed by atoms with Gasteiger partial charge in [0.1, 0.15) is 11.6 Å². The van der Waals surface area contributed by atoms with Crippen molar-refractivity contribution in [2.75, 3.05) is 38.0 Å². The van der Waals surface area contributed by atoms with Gasteiger partial charge in [0.25, 0.3) is 5.69 Å². The van der Waals surface area contributed by atoms with Gasteiger partial charge in [0.15, 0.2) is 0 Å². The normalized spacial score (nSPS) is 11.9. The summed E-state index contributed by atoms with van der Waals surface area (Å²) in [7, 11) is 3.18. The van der Waals surface area contributed by atoms with E-state index in [4.69, 9.17) is 9.84 Å². The molecule has 1 rings (SSSR count). The summed E-state index contributed by atoms with van der Waals surface area (Å²) in [6, 6.07) is 2.54.